The van der Waals surface area contributed by atoms with Crippen molar-refractivity contribution in [2.75, 3.05) is 39.3 Å². The van der Waals surface area contributed by atoms with Gasteiger partial charge in [-0.25, -0.2) is 8.78 Å². The molecule has 0 aliphatic carbocycles. The van der Waals surface area contributed by atoms with Gasteiger partial charge in [0, 0.05) is 38.5 Å². The molecule has 1 aliphatic heterocycles. The van der Waals surface area contributed by atoms with Crippen molar-refractivity contribution in [3.8, 4) is 0 Å². The number of carbonyl (C=O) groups excluding carboxylic acids is 1. The van der Waals surface area contributed by atoms with Crippen LogP contribution < -0.4 is 0 Å². The van der Waals surface area contributed by atoms with E-state index in [1.807, 2.05) is 41.8 Å². The number of piperazine rings is 1. The van der Waals surface area contributed by atoms with Crippen LogP contribution in [-0.2, 0) is 0 Å². The lowest BCUT2D eigenvalue weighted by molar-refractivity contribution is 0.0965. The topological polar surface area (TPSA) is 23.6 Å². The van der Waals surface area contributed by atoms with Crippen molar-refractivity contribution in [1.82, 2.24) is 9.80 Å². The number of nitrogens with zero attached hydrogens (tertiary/aromatic N) is 2. The molecule has 1 aromatic heterocycles. The smallest absolute Gasteiger partial charge is 0.172 e. The molecular weight excluding hydrogens is 450 g/mol. The molecule has 6 heteroatoms. The number of hydrogen-bond donors (Lipinski definition) is 0. The van der Waals surface area contributed by atoms with E-state index in [2.05, 4.69) is 9.80 Å². The van der Waals surface area contributed by atoms with Gasteiger partial charge in [-0.3, -0.25) is 4.79 Å². The first kappa shape index (κ1) is 24.7. The first-order valence-corrected chi connectivity index (χ1v) is 13.0. The van der Waals surface area contributed by atoms with Gasteiger partial charge in [-0.1, -0.05) is 30.3 Å². The van der Waals surface area contributed by atoms with Crippen LogP contribution >= 0.6 is 11.3 Å². The van der Waals surface area contributed by atoms with Crippen LogP contribution in [0.3, 0.4) is 0 Å². The van der Waals surface area contributed by atoms with Gasteiger partial charge >= 0.3 is 0 Å². The summed E-state index contributed by atoms with van der Waals surface area (Å²) in [6, 6.07) is 17.2. The number of ketones is 1. The number of rotatable bonds is 11. The molecule has 3 nitrogen and oxygen atoms in total. The highest BCUT2D eigenvalue weighted by Gasteiger charge is 2.19. The Morgan fingerprint density at radius 1 is 0.794 bits per heavy atom. The molecule has 2 heterocycles. The SMILES string of the molecule is O=C(CCCN1CCN(CCCC(c2ccc(F)cc2)c2ccc(F)cc2)CC1)c1cccs1. The molecule has 0 radical (unpaired) electrons. The minimum absolute atomic E-state index is 0.128. The van der Waals surface area contributed by atoms with Crippen LogP contribution in [0.4, 0.5) is 8.78 Å². The lowest BCUT2D eigenvalue weighted by Crippen LogP contribution is -2.46. The normalized spacial score (nSPS) is 15.1. The van der Waals surface area contributed by atoms with E-state index >= 15 is 0 Å². The number of halogens is 2. The summed E-state index contributed by atoms with van der Waals surface area (Å²) >= 11 is 1.52. The third kappa shape index (κ3) is 7.05. The van der Waals surface area contributed by atoms with E-state index in [0.29, 0.717) is 6.42 Å². The number of benzene rings is 2. The Morgan fingerprint density at radius 3 is 1.82 bits per heavy atom. The van der Waals surface area contributed by atoms with Gasteiger partial charge < -0.3 is 9.80 Å². The van der Waals surface area contributed by atoms with Crippen molar-refractivity contribution >= 4 is 17.1 Å². The summed E-state index contributed by atoms with van der Waals surface area (Å²) in [6.45, 7) is 6.14. The molecule has 180 valence electrons. The second kappa shape index (κ2) is 12.3. The fourth-order valence-electron chi connectivity index (χ4n) is 4.70. The number of Topliss-reactive ketones (excluding diaryl/α,β-unsaturated/α-hetero) is 1. The van der Waals surface area contributed by atoms with Crippen LogP contribution in [0.25, 0.3) is 0 Å². The summed E-state index contributed by atoms with van der Waals surface area (Å²) in [7, 11) is 0. The number of carbonyl (C=O) groups is 1. The van der Waals surface area contributed by atoms with E-state index in [1.165, 1.54) is 35.6 Å². The van der Waals surface area contributed by atoms with Crippen LogP contribution in [-0.4, -0.2) is 54.9 Å². The zero-order valence-corrected chi connectivity index (χ0v) is 20.3. The van der Waals surface area contributed by atoms with Crippen LogP contribution in [0.5, 0.6) is 0 Å². The molecule has 0 N–H and O–H groups in total. The Balaban J connectivity index is 1.21. The summed E-state index contributed by atoms with van der Waals surface area (Å²) < 4.78 is 26.9. The lowest BCUT2D eigenvalue weighted by atomic mass is 9.87. The highest BCUT2D eigenvalue weighted by molar-refractivity contribution is 7.12. The minimum Gasteiger partial charge on any atom is -0.301 e. The molecular formula is C28H32F2N2OS. The molecule has 3 aromatic rings. The van der Waals surface area contributed by atoms with Gasteiger partial charge in [0.15, 0.2) is 5.78 Å². The minimum atomic E-state index is -0.240. The summed E-state index contributed by atoms with van der Waals surface area (Å²) in [5, 5.41) is 1.95. The molecule has 0 spiro atoms. The fourth-order valence-corrected chi connectivity index (χ4v) is 5.39. The molecule has 2 aromatic carbocycles. The molecule has 0 bridgehead atoms. The molecule has 0 amide bonds. The van der Waals surface area contributed by atoms with Crippen molar-refractivity contribution in [3.63, 3.8) is 0 Å². The fraction of sp³-hybridized carbons (Fsp3) is 0.393. The summed E-state index contributed by atoms with van der Waals surface area (Å²) in [5.41, 5.74) is 2.13. The quantitative estimate of drug-likeness (QED) is 0.303. The van der Waals surface area contributed by atoms with Gasteiger partial charge in [-0.05, 0) is 79.2 Å². The van der Waals surface area contributed by atoms with E-state index in [1.54, 1.807) is 0 Å². The van der Waals surface area contributed by atoms with Gasteiger partial charge in [0.05, 0.1) is 4.88 Å². The van der Waals surface area contributed by atoms with E-state index in [9.17, 15) is 13.6 Å². The first-order chi connectivity index (χ1) is 16.6. The van der Waals surface area contributed by atoms with E-state index in [-0.39, 0.29) is 23.3 Å². The highest BCUT2D eigenvalue weighted by Crippen LogP contribution is 2.30. The zero-order chi connectivity index (χ0) is 23.8. The van der Waals surface area contributed by atoms with Gasteiger partial charge in [0.25, 0.3) is 0 Å². The standard InChI is InChI=1S/C28H32F2N2OS/c29-24-11-7-22(8-12-24)26(23-9-13-25(30)14-10-23)4-1-15-31-17-19-32(20-18-31)16-2-5-27(33)28-6-3-21-34-28/h3,6-14,21,26H,1-2,4-5,15-20H2. The highest BCUT2D eigenvalue weighted by atomic mass is 32.1. The van der Waals surface area contributed by atoms with E-state index < -0.39 is 0 Å². The lowest BCUT2D eigenvalue weighted by Gasteiger charge is -2.35. The maximum absolute atomic E-state index is 13.4. The predicted molar refractivity (Wildman–Crippen MR) is 135 cm³/mol. The molecule has 0 atom stereocenters. The van der Waals surface area contributed by atoms with Crippen molar-refractivity contribution in [1.29, 1.82) is 0 Å². The van der Waals surface area contributed by atoms with Crippen molar-refractivity contribution in [3.05, 3.63) is 93.7 Å². The Bertz CT molecular complexity index is 968. The average Bonchev–Trinajstić information content (AvgIpc) is 3.40. The predicted octanol–water partition coefficient (Wildman–Crippen LogP) is 6.22. The Kier molecular flexibility index (Phi) is 8.97. The van der Waals surface area contributed by atoms with Crippen LogP contribution in [0.2, 0.25) is 0 Å². The van der Waals surface area contributed by atoms with Crippen molar-refractivity contribution in [2.45, 2.75) is 31.6 Å². The molecule has 1 saturated heterocycles. The second-order valence-corrected chi connectivity index (χ2v) is 9.93. The first-order valence-electron chi connectivity index (χ1n) is 12.1. The maximum Gasteiger partial charge on any atom is 0.172 e. The third-order valence-corrected chi connectivity index (χ3v) is 7.56. The van der Waals surface area contributed by atoms with E-state index in [0.717, 1.165) is 74.5 Å². The van der Waals surface area contributed by atoms with Crippen molar-refractivity contribution < 1.29 is 13.6 Å². The number of thiophene rings is 1. The zero-order valence-electron chi connectivity index (χ0n) is 19.5. The van der Waals surface area contributed by atoms with Crippen molar-refractivity contribution in [2.24, 2.45) is 0 Å². The molecule has 0 unspecified atom stereocenters. The van der Waals surface area contributed by atoms with Crippen LogP contribution in [0.1, 0.15) is 52.4 Å². The Labute approximate surface area is 205 Å². The van der Waals surface area contributed by atoms with Crippen LogP contribution in [0.15, 0.2) is 66.0 Å². The summed E-state index contributed by atoms with van der Waals surface area (Å²) in [4.78, 5) is 18.0. The average molecular weight is 483 g/mol. The van der Waals surface area contributed by atoms with E-state index in [4.69, 9.17) is 0 Å². The van der Waals surface area contributed by atoms with Gasteiger partial charge in [0.1, 0.15) is 11.6 Å². The third-order valence-electron chi connectivity index (χ3n) is 6.65. The van der Waals surface area contributed by atoms with Crippen LogP contribution in [0, 0.1) is 11.6 Å². The largest absolute Gasteiger partial charge is 0.301 e. The van der Waals surface area contributed by atoms with Gasteiger partial charge in [-0.2, -0.15) is 0 Å². The summed E-state index contributed by atoms with van der Waals surface area (Å²) in [5.74, 6) is -0.0976. The number of hydrogen-bond acceptors (Lipinski definition) is 4. The molecule has 1 fully saturated rings. The molecule has 34 heavy (non-hydrogen) atoms. The second-order valence-electron chi connectivity index (χ2n) is 8.99. The maximum atomic E-state index is 13.4. The molecule has 4 rings (SSSR count). The molecule has 1 aliphatic rings. The van der Waals surface area contributed by atoms with Gasteiger partial charge in [-0.15, -0.1) is 11.3 Å². The summed E-state index contributed by atoms with van der Waals surface area (Å²) in [6.07, 6.45) is 3.49. The Hall–Kier alpha value is -2.41. The monoisotopic (exact) mass is 482 g/mol. The Morgan fingerprint density at radius 2 is 1.32 bits per heavy atom. The van der Waals surface area contributed by atoms with Gasteiger partial charge in [0.2, 0.25) is 0 Å². The molecule has 0 saturated carbocycles.